The van der Waals surface area contributed by atoms with Gasteiger partial charge in [-0.1, -0.05) is 42.1 Å². The van der Waals surface area contributed by atoms with Crippen molar-refractivity contribution in [3.8, 4) is 0 Å². The van der Waals surface area contributed by atoms with Gasteiger partial charge in [0.25, 0.3) is 0 Å². The topological polar surface area (TPSA) is 32.3 Å². The van der Waals surface area contributed by atoms with E-state index in [9.17, 15) is 0 Å². The van der Waals surface area contributed by atoms with Crippen LogP contribution in [0.5, 0.6) is 0 Å². The zero-order valence-electron chi connectivity index (χ0n) is 14.8. The highest BCUT2D eigenvalue weighted by Crippen LogP contribution is 2.27. The molecule has 0 aliphatic carbocycles. The summed E-state index contributed by atoms with van der Waals surface area (Å²) in [5.41, 5.74) is 2.54. The fourth-order valence-corrected chi connectivity index (χ4v) is 4.76. The van der Waals surface area contributed by atoms with Crippen molar-refractivity contribution >= 4 is 11.8 Å². The lowest BCUT2D eigenvalue weighted by Crippen LogP contribution is -2.40. The third kappa shape index (κ3) is 4.40. The SMILES string of the molecule is CN1C[C@H]2CC[C@@H]1CN(Cc1cnc(SCc3ccccc3)nc1)C2. The predicted molar refractivity (Wildman–Crippen MR) is 102 cm³/mol. The number of hydrogen-bond donors (Lipinski definition) is 0. The molecule has 5 heteroatoms. The fraction of sp³-hybridized carbons (Fsp3) is 0.500. The first-order valence-electron chi connectivity index (χ1n) is 9.16. The van der Waals surface area contributed by atoms with Crippen molar-refractivity contribution in [2.45, 2.75) is 36.3 Å². The third-order valence-corrected chi connectivity index (χ3v) is 6.31. The van der Waals surface area contributed by atoms with Gasteiger partial charge < -0.3 is 4.90 Å². The summed E-state index contributed by atoms with van der Waals surface area (Å²) >= 11 is 1.70. The molecule has 2 bridgehead atoms. The fourth-order valence-electron chi connectivity index (χ4n) is 4.02. The summed E-state index contributed by atoms with van der Waals surface area (Å²) in [6.07, 6.45) is 6.76. The van der Waals surface area contributed by atoms with Crippen LogP contribution in [0.15, 0.2) is 47.9 Å². The summed E-state index contributed by atoms with van der Waals surface area (Å²) in [6, 6.07) is 11.2. The average Bonchev–Trinajstić information content (AvgIpc) is 2.92. The molecule has 4 heterocycles. The first-order chi connectivity index (χ1) is 12.3. The Kier molecular flexibility index (Phi) is 5.34. The lowest BCUT2D eigenvalue weighted by atomic mass is 9.96. The zero-order valence-corrected chi connectivity index (χ0v) is 15.7. The quantitative estimate of drug-likeness (QED) is 0.608. The molecule has 0 radical (unpaired) electrons. The van der Waals surface area contributed by atoms with E-state index >= 15 is 0 Å². The summed E-state index contributed by atoms with van der Waals surface area (Å²) in [5.74, 6) is 1.74. The molecule has 132 valence electrons. The zero-order chi connectivity index (χ0) is 17.1. The number of fused-ring (bicyclic) bond motifs is 4. The number of hydrogen-bond acceptors (Lipinski definition) is 5. The highest BCUT2D eigenvalue weighted by atomic mass is 32.2. The van der Waals surface area contributed by atoms with Gasteiger partial charge >= 0.3 is 0 Å². The summed E-state index contributed by atoms with van der Waals surface area (Å²) in [4.78, 5) is 14.3. The van der Waals surface area contributed by atoms with Crippen LogP contribution in [0.25, 0.3) is 0 Å². The lowest BCUT2D eigenvalue weighted by Gasteiger charge is -2.32. The maximum Gasteiger partial charge on any atom is 0.187 e. The molecule has 0 amide bonds. The van der Waals surface area contributed by atoms with Crippen molar-refractivity contribution in [2.24, 2.45) is 5.92 Å². The van der Waals surface area contributed by atoms with E-state index < -0.39 is 0 Å². The van der Waals surface area contributed by atoms with Crippen LogP contribution >= 0.6 is 11.8 Å². The van der Waals surface area contributed by atoms with Gasteiger partial charge in [0.15, 0.2) is 5.16 Å². The maximum atomic E-state index is 4.57. The number of piperidine rings is 1. The number of thioether (sulfide) groups is 1. The molecule has 0 saturated carbocycles. The minimum atomic E-state index is 0.723. The Morgan fingerprint density at radius 3 is 2.56 bits per heavy atom. The molecule has 0 spiro atoms. The van der Waals surface area contributed by atoms with E-state index in [1.54, 1.807) is 11.8 Å². The molecule has 2 aromatic rings. The lowest BCUT2D eigenvalue weighted by molar-refractivity contribution is 0.165. The molecular formula is C20H26N4S. The van der Waals surface area contributed by atoms with Crippen molar-refractivity contribution in [3.05, 3.63) is 53.9 Å². The van der Waals surface area contributed by atoms with Gasteiger partial charge in [0.1, 0.15) is 0 Å². The summed E-state index contributed by atoms with van der Waals surface area (Å²) in [6.45, 7) is 4.63. The van der Waals surface area contributed by atoms with E-state index in [0.717, 1.165) is 29.4 Å². The second-order valence-corrected chi connectivity index (χ2v) is 8.32. The van der Waals surface area contributed by atoms with Gasteiger partial charge in [-0.05, 0) is 31.4 Å². The van der Waals surface area contributed by atoms with E-state index in [1.165, 1.54) is 43.6 Å². The molecule has 3 aliphatic rings. The van der Waals surface area contributed by atoms with E-state index in [2.05, 4.69) is 51.1 Å². The average molecular weight is 355 g/mol. The van der Waals surface area contributed by atoms with Gasteiger partial charge in [-0.3, -0.25) is 4.90 Å². The smallest absolute Gasteiger partial charge is 0.187 e. The van der Waals surface area contributed by atoms with Crippen LogP contribution in [0.1, 0.15) is 24.0 Å². The standard InChI is InChI=1S/C20H26N4S/c1-23-11-17-7-8-19(23)14-24(12-17)13-18-9-21-20(22-10-18)25-15-16-5-3-2-4-6-16/h2-6,9-10,17,19H,7-8,11-15H2,1H3/t17-,19-/m1/s1. The van der Waals surface area contributed by atoms with Crippen molar-refractivity contribution < 1.29 is 0 Å². The highest BCUT2D eigenvalue weighted by molar-refractivity contribution is 7.98. The van der Waals surface area contributed by atoms with Crippen molar-refractivity contribution in [3.63, 3.8) is 0 Å². The van der Waals surface area contributed by atoms with E-state index in [4.69, 9.17) is 0 Å². The van der Waals surface area contributed by atoms with Crippen LogP contribution in [-0.4, -0.2) is 52.5 Å². The number of benzene rings is 1. The van der Waals surface area contributed by atoms with Crippen LogP contribution in [0, 0.1) is 5.92 Å². The second kappa shape index (κ2) is 7.85. The molecule has 2 atom stereocenters. The molecule has 0 N–H and O–H groups in total. The van der Waals surface area contributed by atoms with E-state index in [-0.39, 0.29) is 0 Å². The number of rotatable bonds is 5. The number of likely N-dealkylation sites (N-methyl/N-ethyl adjacent to an activating group) is 1. The predicted octanol–water partition coefficient (Wildman–Crippen LogP) is 3.29. The van der Waals surface area contributed by atoms with Gasteiger partial charge in [0.05, 0.1) is 0 Å². The molecule has 3 fully saturated rings. The Labute approximate surface area is 154 Å². The largest absolute Gasteiger partial charge is 0.302 e. The third-order valence-electron chi connectivity index (χ3n) is 5.36. The number of nitrogens with zero attached hydrogens (tertiary/aromatic N) is 4. The molecule has 1 aromatic carbocycles. The highest BCUT2D eigenvalue weighted by Gasteiger charge is 2.32. The van der Waals surface area contributed by atoms with Gasteiger partial charge in [-0.2, -0.15) is 0 Å². The first-order valence-corrected chi connectivity index (χ1v) is 10.1. The minimum Gasteiger partial charge on any atom is -0.302 e. The van der Waals surface area contributed by atoms with Crippen molar-refractivity contribution in [1.82, 2.24) is 19.8 Å². The molecule has 25 heavy (non-hydrogen) atoms. The Bertz CT molecular complexity index is 676. The van der Waals surface area contributed by atoms with Crippen LogP contribution in [0.4, 0.5) is 0 Å². The molecular weight excluding hydrogens is 328 g/mol. The monoisotopic (exact) mass is 354 g/mol. The van der Waals surface area contributed by atoms with Crippen LogP contribution < -0.4 is 0 Å². The minimum absolute atomic E-state index is 0.723. The molecule has 0 unspecified atom stereocenters. The van der Waals surface area contributed by atoms with Crippen molar-refractivity contribution in [2.75, 3.05) is 26.7 Å². The molecule has 1 aromatic heterocycles. The number of aromatic nitrogens is 2. The van der Waals surface area contributed by atoms with Crippen LogP contribution in [0.2, 0.25) is 0 Å². The Balaban J connectivity index is 1.33. The summed E-state index contributed by atoms with van der Waals surface area (Å²) < 4.78 is 0. The Hall–Kier alpha value is -1.43. The van der Waals surface area contributed by atoms with Gasteiger partial charge in [-0.15, -0.1) is 0 Å². The van der Waals surface area contributed by atoms with Crippen molar-refractivity contribution in [1.29, 1.82) is 0 Å². The molecule has 5 rings (SSSR count). The van der Waals surface area contributed by atoms with E-state index in [1.807, 2.05) is 18.5 Å². The molecule has 3 saturated heterocycles. The Morgan fingerprint density at radius 2 is 1.80 bits per heavy atom. The summed E-state index contributed by atoms with van der Waals surface area (Å²) in [5, 5.41) is 0.864. The normalized spacial score (nSPS) is 24.4. The Morgan fingerprint density at radius 1 is 1.00 bits per heavy atom. The van der Waals surface area contributed by atoms with E-state index in [0.29, 0.717) is 0 Å². The van der Waals surface area contributed by atoms with Gasteiger partial charge in [-0.25, -0.2) is 9.97 Å². The molecule has 3 aliphatic heterocycles. The second-order valence-electron chi connectivity index (χ2n) is 7.38. The van der Waals surface area contributed by atoms with Crippen LogP contribution in [0.3, 0.4) is 0 Å². The van der Waals surface area contributed by atoms with Crippen LogP contribution in [-0.2, 0) is 12.3 Å². The maximum absolute atomic E-state index is 4.57. The summed E-state index contributed by atoms with van der Waals surface area (Å²) in [7, 11) is 2.28. The van der Waals surface area contributed by atoms with Gasteiger partial charge in [0.2, 0.25) is 0 Å². The van der Waals surface area contributed by atoms with Gasteiger partial charge in [0, 0.05) is 55.9 Å². The molecule has 4 nitrogen and oxygen atoms in total. The first kappa shape index (κ1) is 17.0.